The summed E-state index contributed by atoms with van der Waals surface area (Å²) >= 11 is 0. The summed E-state index contributed by atoms with van der Waals surface area (Å²) in [5.41, 5.74) is 3.92. The Morgan fingerprint density at radius 2 is 1.58 bits per heavy atom. The second kappa shape index (κ2) is 9.53. The number of benzene rings is 3. The van der Waals surface area contributed by atoms with Crippen LogP contribution in [0.15, 0.2) is 83.3 Å². The van der Waals surface area contributed by atoms with Crippen molar-refractivity contribution in [3.63, 3.8) is 0 Å². The van der Waals surface area contributed by atoms with Crippen LogP contribution in [0.5, 0.6) is 0 Å². The standard InChI is InChI=1S/C27H24N2O4/c1-17-14-15-18(2)22(16-17)28-25(30)24(20-10-6-4-7-11-20)33-27(31)23-19(3)32-26(29-23)21-12-8-5-9-13-21/h4-16,24H,1-3H3,(H,28,30). The number of aromatic nitrogens is 1. The van der Waals surface area contributed by atoms with E-state index in [9.17, 15) is 9.59 Å². The molecule has 0 saturated carbocycles. The van der Waals surface area contributed by atoms with E-state index in [2.05, 4.69) is 10.3 Å². The second-order valence-corrected chi connectivity index (χ2v) is 7.79. The minimum atomic E-state index is -1.16. The topological polar surface area (TPSA) is 81.4 Å². The summed E-state index contributed by atoms with van der Waals surface area (Å²) in [5, 5.41) is 2.89. The zero-order valence-electron chi connectivity index (χ0n) is 18.7. The van der Waals surface area contributed by atoms with Crippen molar-refractivity contribution in [1.82, 2.24) is 4.98 Å². The van der Waals surface area contributed by atoms with Crippen LogP contribution in [0.4, 0.5) is 5.69 Å². The van der Waals surface area contributed by atoms with Crippen LogP contribution in [0.2, 0.25) is 0 Å². The van der Waals surface area contributed by atoms with Crippen molar-refractivity contribution in [1.29, 1.82) is 0 Å². The summed E-state index contributed by atoms with van der Waals surface area (Å²) in [6, 6.07) is 23.9. The van der Waals surface area contributed by atoms with Gasteiger partial charge in [0.1, 0.15) is 5.76 Å². The van der Waals surface area contributed by atoms with Crippen LogP contribution in [0.25, 0.3) is 11.5 Å². The SMILES string of the molecule is Cc1ccc(C)c(NC(=O)C(OC(=O)c2nc(-c3ccccc3)oc2C)c2ccccc2)c1. The third-order valence-corrected chi connectivity index (χ3v) is 5.23. The third kappa shape index (κ3) is 5.01. The van der Waals surface area contributed by atoms with Crippen LogP contribution < -0.4 is 5.32 Å². The maximum absolute atomic E-state index is 13.2. The number of hydrogen-bond donors (Lipinski definition) is 1. The Morgan fingerprint density at radius 3 is 2.27 bits per heavy atom. The molecule has 3 aromatic carbocycles. The number of carbonyl (C=O) groups excluding carboxylic acids is 2. The van der Waals surface area contributed by atoms with Crippen LogP contribution in [-0.4, -0.2) is 16.9 Å². The van der Waals surface area contributed by atoms with Gasteiger partial charge in [0, 0.05) is 16.8 Å². The molecule has 1 unspecified atom stereocenters. The highest BCUT2D eigenvalue weighted by Crippen LogP contribution is 2.26. The molecule has 0 saturated heterocycles. The third-order valence-electron chi connectivity index (χ3n) is 5.23. The number of ether oxygens (including phenoxy) is 1. The van der Waals surface area contributed by atoms with E-state index < -0.39 is 18.0 Å². The summed E-state index contributed by atoms with van der Waals surface area (Å²) < 4.78 is 11.4. The zero-order chi connectivity index (χ0) is 23.4. The molecular weight excluding hydrogens is 416 g/mol. The fourth-order valence-corrected chi connectivity index (χ4v) is 3.42. The highest BCUT2D eigenvalue weighted by molar-refractivity contribution is 5.98. The Bertz CT molecular complexity index is 1280. The van der Waals surface area contributed by atoms with Crippen LogP contribution >= 0.6 is 0 Å². The first-order chi connectivity index (χ1) is 15.9. The second-order valence-electron chi connectivity index (χ2n) is 7.79. The minimum Gasteiger partial charge on any atom is -0.442 e. The van der Waals surface area contributed by atoms with Crippen molar-refractivity contribution >= 4 is 17.6 Å². The molecule has 1 aromatic heterocycles. The highest BCUT2D eigenvalue weighted by atomic mass is 16.5. The van der Waals surface area contributed by atoms with Crippen molar-refractivity contribution in [2.75, 3.05) is 5.32 Å². The van der Waals surface area contributed by atoms with Gasteiger partial charge in [-0.2, -0.15) is 0 Å². The zero-order valence-corrected chi connectivity index (χ0v) is 18.7. The summed E-state index contributed by atoms with van der Waals surface area (Å²) in [6.07, 6.45) is -1.16. The number of anilines is 1. The molecular formula is C27H24N2O4. The number of rotatable bonds is 6. The Morgan fingerprint density at radius 1 is 0.909 bits per heavy atom. The molecule has 4 rings (SSSR count). The Kier molecular flexibility index (Phi) is 6.36. The molecule has 1 amide bonds. The number of esters is 1. The van der Waals surface area contributed by atoms with Gasteiger partial charge in [0.15, 0.2) is 5.69 Å². The molecule has 1 atom stereocenters. The fourth-order valence-electron chi connectivity index (χ4n) is 3.42. The number of carbonyl (C=O) groups is 2. The van der Waals surface area contributed by atoms with Crippen LogP contribution in [-0.2, 0) is 9.53 Å². The molecule has 6 heteroatoms. The molecule has 6 nitrogen and oxygen atoms in total. The van der Waals surface area contributed by atoms with Gasteiger partial charge in [0.25, 0.3) is 5.91 Å². The fraction of sp³-hybridized carbons (Fsp3) is 0.148. The van der Waals surface area contributed by atoms with Crippen LogP contribution in [0.1, 0.15) is 39.0 Å². The van der Waals surface area contributed by atoms with Gasteiger partial charge in [-0.15, -0.1) is 0 Å². The van der Waals surface area contributed by atoms with Gasteiger partial charge in [-0.05, 0) is 50.1 Å². The van der Waals surface area contributed by atoms with Gasteiger partial charge in [-0.1, -0.05) is 60.7 Å². The highest BCUT2D eigenvalue weighted by Gasteiger charge is 2.29. The first kappa shape index (κ1) is 22.0. The van der Waals surface area contributed by atoms with Gasteiger partial charge in [-0.25, -0.2) is 9.78 Å². The van der Waals surface area contributed by atoms with Crippen LogP contribution in [0.3, 0.4) is 0 Å². The summed E-state index contributed by atoms with van der Waals surface area (Å²) in [5.74, 6) is -0.548. The van der Waals surface area contributed by atoms with E-state index in [0.29, 0.717) is 22.9 Å². The molecule has 0 bridgehead atoms. The number of nitrogens with one attached hydrogen (secondary N) is 1. The Balaban J connectivity index is 1.61. The minimum absolute atomic E-state index is 0.0364. The van der Waals surface area contributed by atoms with Crippen molar-refractivity contribution in [3.8, 4) is 11.5 Å². The van der Waals surface area contributed by atoms with Gasteiger partial charge < -0.3 is 14.5 Å². The van der Waals surface area contributed by atoms with Crippen molar-refractivity contribution in [3.05, 3.63) is 107 Å². The van der Waals surface area contributed by atoms with Crippen molar-refractivity contribution in [2.45, 2.75) is 26.9 Å². The summed E-state index contributed by atoms with van der Waals surface area (Å²) in [4.78, 5) is 30.6. The van der Waals surface area contributed by atoms with E-state index in [-0.39, 0.29) is 5.69 Å². The number of hydrogen-bond acceptors (Lipinski definition) is 5. The smallest absolute Gasteiger partial charge is 0.361 e. The molecule has 0 aliphatic rings. The Labute approximate surface area is 192 Å². The largest absolute Gasteiger partial charge is 0.442 e. The molecule has 0 spiro atoms. The molecule has 1 N–H and O–H groups in total. The molecule has 33 heavy (non-hydrogen) atoms. The Hall–Kier alpha value is -4.19. The van der Waals surface area contributed by atoms with E-state index in [0.717, 1.165) is 16.7 Å². The average Bonchev–Trinajstić information content (AvgIpc) is 3.22. The lowest BCUT2D eigenvalue weighted by molar-refractivity contribution is -0.125. The van der Waals surface area contributed by atoms with Gasteiger partial charge >= 0.3 is 5.97 Å². The molecule has 166 valence electrons. The van der Waals surface area contributed by atoms with Crippen molar-refractivity contribution < 1.29 is 18.7 Å². The first-order valence-corrected chi connectivity index (χ1v) is 10.6. The van der Waals surface area contributed by atoms with E-state index >= 15 is 0 Å². The van der Waals surface area contributed by atoms with E-state index in [4.69, 9.17) is 9.15 Å². The van der Waals surface area contributed by atoms with Crippen LogP contribution in [0, 0.1) is 20.8 Å². The lowest BCUT2D eigenvalue weighted by Gasteiger charge is -2.18. The quantitative estimate of drug-likeness (QED) is 0.383. The normalized spacial score (nSPS) is 11.6. The molecule has 0 fully saturated rings. The molecule has 0 aliphatic carbocycles. The van der Waals surface area contributed by atoms with E-state index in [1.807, 2.05) is 68.4 Å². The predicted molar refractivity (Wildman–Crippen MR) is 126 cm³/mol. The van der Waals surface area contributed by atoms with E-state index in [1.54, 1.807) is 31.2 Å². The van der Waals surface area contributed by atoms with Crippen molar-refractivity contribution in [2.24, 2.45) is 0 Å². The summed E-state index contributed by atoms with van der Waals surface area (Å²) in [6.45, 7) is 5.49. The number of aryl methyl sites for hydroxylation is 3. The van der Waals surface area contributed by atoms with E-state index in [1.165, 1.54) is 0 Å². The monoisotopic (exact) mass is 440 g/mol. The first-order valence-electron chi connectivity index (χ1n) is 10.6. The number of amides is 1. The molecule has 0 aliphatic heterocycles. The predicted octanol–water partition coefficient (Wildman–Crippen LogP) is 5.80. The number of oxazole rings is 1. The lowest BCUT2D eigenvalue weighted by Crippen LogP contribution is -2.26. The summed E-state index contributed by atoms with van der Waals surface area (Å²) in [7, 11) is 0. The molecule has 1 heterocycles. The average molecular weight is 440 g/mol. The van der Waals surface area contributed by atoms with Gasteiger partial charge in [0.05, 0.1) is 0 Å². The maximum atomic E-state index is 13.2. The lowest BCUT2D eigenvalue weighted by atomic mass is 10.1. The van der Waals surface area contributed by atoms with Gasteiger partial charge in [0.2, 0.25) is 12.0 Å². The maximum Gasteiger partial charge on any atom is 0.361 e. The number of nitrogens with zero attached hydrogens (tertiary/aromatic N) is 1. The molecule has 4 aromatic rings. The van der Waals surface area contributed by atoms with Gasteiger partial charge in [-0.3, -0.25) is 4.79 Å². The molecule has 0 radical (unpaired) electrons.